The number of hydrogen-bond donors (Lipinski definition) is 6. The molecule has 3 rings (SSSR count). The number of nitrogens with zero attached hydrogens (tertiary/aromatic N) is 2. The van der Waals surface area contributed by atoms with Gasteiger partial charge in [-0.3, -0.25) is 9.09 Å². The zero-order chi connectivity index (χ0) is 24.5. The first-order valence-electron chi connectivity index (χ1n) is 7.85. The molecule has 32 heavy (non-hydrogen) atoms. The highest BCUT2D eigenvalue weighted by atomic mass is 31.3. The summed E-state index contributed by atoms with van der Waals surface area (Å²) in [7, 11) is -17.8. The Balaban J connectivity index is 1.86. The number of aromatic nitrogens is 2. The lowest BCUT2D eigenvalue weighted by Gasteiger charge is -2.24. The summed E-state index contributed by atoms with van der Waals surface area (Å²) < 4.78 is 92.3. The molecule has 22 heteroatoms. The average molecular weight is 533 g/mol. The molecule has 0 spiro atoms. The molecule has 0 radical (unpaired) electrons. The van der Waals surface area contributed by atoms with Crippen molar-refractivity contribution < 1.29 is 69.4 Å². The van der Waals surface area contributed by atoms with Gasteiger partial charge in [0, 0.05) is 6.20 Å². The fourth-order valence-electron chi connectivity index (χ4n) is 3.19. The van der Waals surface area contributed by atoms with Gasteiger partial charge in [0.1, 0.15) is 11.9 Å². The van der Waals surface area contributed by atoms with Gasteiger partial charge in [0.25, 0.3) is 6.43 Å². The highest BCUT2D eigenvalue weighted by Crippen LogP contribution is 2.73. The number of ether oxygens (including phenoxy) is 1. The second-order valence-electron chi connectivity index (χ2n) is 6.45. The Bertz CT molecular complexity index is 1130. The van der Waals surface area contributed by atoms with E-state index in [9.17, 15) is 41.7 Å². The summed E-state index contributed by atoms with van der Waals surface area (Å²) in [6, 6.07) is 0.976. The van der Waals surface area contributed by atoms with Crippen LogP contribution >= 0.6 is 23.5 Å². The summed E-state index contributed by atoms with van der Waals surface area (Å²) in [4.78, 5) is 50.6. The predicted octanol–water partition coefficient (Wildman–Crippen LogP) is -0.847. The van der Waals surface area contributed by atoms with Crippen molar-refractivity contribution in [2.45, 2.75) is 36.1 Å². The number of aliphatic hydroxyl groups is 1. The van der Waals surface area contributed by atoms with Crippen LogP contribution in [-0.2, 0) is 31.6 Å². The third-order valence-electron chi connectivity index (χ3n) is 4.42. The predicted molar refractivity (Wildman–Crippen MR) is 90.3 cm³/mol. The Morgan fingerprint density at radius 2 is 1.78 bits per heavy atom. The smallest absolute Gasteiger partial charge is 0.383 e. The number of alkyl halides is 3. The van der Waals surface area contributed by atoms with Crippen LogP contribution in [-0.4, -0.2) is 64.1 Å². The van der Waals surface area contributed by atoms with Crippen LogP contribution in [0.5, 0.6) is 0 Å². The molecule has 1 aromatic heterocycles. The van der Waals surface area contributed by atoms with E-state index in [0.717, 1.165) is 12.3 Å². The molecule has 0 bridgehead atoms. The van der Waals surface area contributed by atoms with Crippen molar-refractivity contribution >= 4 is 29.3 Å². The van der Waals surface area contributed by atoms with E-state index in [4.69, 9.17) is 25.2 Å². The minimum absolute atomic E-state index is 0.308. The van der Waals surface area contributed by atoms with Crippen molar-refractivity contribution in [2.75, 3.05) is 5.73 Å². The first kappa shape index (κ1) is 25.4. The Morgan fingerprint density at radius 1 is 1.19 bits per heavy atom. The van der Waals surface area contributed by atoms with E-state index in [2.05, 4.69) is 18.1 Å². The van der Waals surface area contributed by atoms with Crippen molar-refractivity contribution in [3.05, 3.63) is 22.7 Å². The summed E-state index contributed by atoms with van der Waals surface area (Å²) in [6.45, 7) is 0. The molecule has 2 unspecified atom stereocenters. The number of nitrogens with two attached hydrogens (primary N) is 1. The number of halogens is 3. The third-order valence-corrected chi connectivity index (χ3v) is 8.23. The van der Waals surface area contributed by atoms with Crippen LogP contribution in [0.1, 0.15) is 6.23 Å². The highest BCUT2D eigenvalue weighted by Gasteiger charge is 2.94. The maximum absolute atomic E-state index is 14.9. The number of rotatable bonds is 8. The maximum Gasteiger partial charge on any atom is 0.490 e. The second kappa shape index (κ2) is 7.66. The van der Waals surface area contributed by atoms with Gasteiger partial charge < -0.3 is 35.2 Å². The lowest BCUT2D eigenvalue weighted by atomic mass is 10.1. The van der Waals surface area contributed by atoms with Crippen molar-refractivity contribution in [1.82, 2.24) is 9.55 Å². The molecule has 182 valence electrons. The van der Waals surface area contributed by atoms with Crippen molar-refractivity contribution in [1.29, 1.82) is 0 Å². The molecule has 1 aromatic rings. The molecule has 2 heterocycles. The number of fused-ring (bicyclic) bond motifs is 1. The number of phosphoric acid groups is 3. The standard InChI is InChI=1S/C10H13F3N3O13P3/c11-4-5(16-2-1-3(14)15-8(16)17)26-10(7(12)13)6(9(4,10)18)27-31(22,23)29-32(24,25)28-30(19,20)21/h1-2,4-7,18H,(H,22,23)(H,24,25)(H2,14,15,17)(H2,19,20,21)/t4-,5+,6+,9+,10-/m0/s1. The molecule has 1 saturated carbocycles. The number of anilines is 1. The summed E-state index contributed by atoms with van der Waals surface area (Å²) in [6.07, 6.45) is -10.8. The molecule has 2 aliphatic rings. The van der Waals surface area contributed by atoms with Gasteiger partial charge in [-0.05, 0) is 6.07 Å². The Hall–Kier alpha value is -1.20. The molecule has 0 amide bonds. The van der Waals surface area contributed by atoms with Gasteiger partial charge in [0.05, 0.1) is 0 Å². The zero-order valence-corrected chi connectivity index (χ0v) is 17.6. The summed E-state index contributed by atoms with van der Waals surface area (Å²) in [5.41, 5.74) is -2.73. The molecule has 1 aliphatic heterocycles. The topological polar surface area (TPSA) is 250 Å². The molecule has 7 atom stereocenters. The molecule has 1 aliphatic carbocycles. The Labute approximate surface area is 173 Å². The quantitative estimate of drug-likeness (QED) is 0.223. The first-order valence-corrected chi connectivity index (χ1v) is 12.4. The summed E-state index contributed by atoms with van der Waals surface area (Å²) in [5, 5.41) is 10.4. The summed E-state index contributed by atoms with van der Waals surface area (Å²) in [5.74, 6) is -0.308. The van der Waals surface area contributed by atoms with Crippen molar-refractivity contribution in [3.8, 4) is 0 Å². The van der Waals surface area contributed by atoms with Gasteiger partial charge in [-0.1, -0.05) is 0 Å². The van der Waals surface area contributed by atoms with Gasteiger partial charge >= 0.3 is 29.2 Å². The number of phosphoric ester groups is 1. The van der Waals surface area contributed by atoms with E-state index >= 15 is 0 Å². The maximum atomic E-state index is 14.9. The second-order valence-corrected chi connectivity index (χ2v) is 10.8. The fourth-order valence-corrected chi connectivity index (χ4v) is 6.43. The van der Waals surface area contributed by atoms with Crippen LogP contribution in [0.2, 0.25) is 0 Å². The molecular weight excluding hydrogens is 520 g/mol. The normalized spacial score (nSPS) is 35.8. The average Bonchev–Trinajstić information content (AvgIpc) is 2.96. The first-order chi connectivity index (χ1) is 14.4. The molecule has 1 saturated heterocycles. The SMILES string of the molecule is Nc1ccn([C@@H]2O[C@]3(C(F)F)[C@H](OP(=O)(O)OP(=O)(O)OP(=O)(O)O)[C@]3(O)[C@H]2F)c(=O)n1. The minimum atomic E-state index is -6.03. The molecule has 0 aromatic carbocycles. The van der Waals surface area contributed by atoms with Gasteiger partial charge in [0.15, 0.2) is 23.6 Å². The van der Waals surface area contributed by atoms with Crippen molar-refractivity contribution in [3.63, 3.8) is 0 Å². The largest absolute Gasteiger partial charge is 0.490 e. The monoisotopic (exact) mass is 533 g/mol. The fraction of sp³-hybridized carbons (Fsp3) is 0.600. The van der Waals surface area contributed by atoms with Gasteiger partial charge in [0.2, 0.25) is 0 Å². The van der Waals surface area contributed by atoms with Crippen LogP contribution in [0.15, 0.2) is 17.1 Å². The molecule has 16 nitrogen and oxygen atoms in total. The zero-order valence-electron chi connectivity index (χ0n) is 14.9. The molecular formula is C10H13F3N3O13P3. The highest BCUT2D eigenvalue weighted by molar-refractivity contribution is 7.66. The Kier molecular flexibility index (Phi) is 6.09. The van der Waals surface area contributed by atoms with Gasteiger partial charge in [-0.25, -0.2) is 31.7 Å². The summed E-state index contributed by atoms with van der Waals surface area (Å²) >= 11 is 0. The Morgan fingerprint density at radius 3 is 2.25 bits per heavy atom. The number of nitrogen functional groups attached to an aromatic ring is 1. The molecule has 2 fully saturated rings. The van der Waals surface area contributed by atoms with Gasteiger partial charge in [-0.15, -0.1) is 0 Å². The lowest BCUT2D eigenvalue weighted by molar-refractivity contribution is -0.141. The third kappa shape index (κ3) is 4.20. The van der Waals surface area contributed by atoms with Crippen LogP contribution in [0, 0.1) is 0 Å². The van der Waals surface area contributed by atoms with Crippen LogP contribution in [0.4, 0.5) is 19.0 Å². The van der Waals surface area contributed by atoms with Crippen molar-refractivity contribution in [2.24, 2.45) is 0 Å². The number of hydrogen-bond acceptors (Lipinski definition) is 11. The molecule has 7 N–H and O–H groups in total. The lowest BCUT2D eigenvalue weighted by Crippen LogP contribution is -2.38. The van der Waals surface area contributed by atoms with E-state index in [-0.39, 0.29) is 5.82 Å². The van der Waals surface area contributed by atoms with Crippen LogP contribution in [0.25, 0.3) is 0 Å². The van der Waals surface area contributed by atoms with Crippen LogP contribution in [0.3, 0.4) is 0 Å². The van der Waals surface area contributed by atoms with E-state index in [0.29, 0.717) is 4.57 Å². The van der Waals surface area contributed by atoms with Gasteiger partial charge in [-0.2, -0.15) is 13.6 Å². The van der Waals surface area contributed by atoms with E-state index in [1.807, 2.05) is 0 Å². The van der Waals surface area contributed by atoms with E-state index in [1.54, 1.807) is 0 Å². The van der Waals surface area contributed by atoms with E-state index in [1.165, 1.54) is 0 Å². The minimum Gasteiger partial charge on any atom is -0.383 e. The van der Waals surface area contributed by atoms with Crippen LogP contribution < -0.4 is 11.4 Å². The van der Waals surface area contributed by atoms with E-state index < -0.39 is 65.3 Å².